The van der Waals surface area contributed by atoms with Gasteiger partial charge in [-0.15, -0.1) is 0 Å². The van der Waals surface area contributed by atoms with Crippen LogP contribution in [0.4, 0.5) is 10.6 Å². The first-order valence-electron chi connectivity index (χ1n) is 11.9. The van der Waals surface area contributed by atoms with Crippen molar-refractivity contribution in [2.75, 3.05) is 38.2 Å². The van der Waals surface area contributed by atoms with Gasteiger partial charge in [0.25, 0.3) is 0 Å². The fraction of sp³-hybridized carbons (Fsp3) is 0.440. The summed E-state index contributed by atoms with van der Waals surface area (Å²) in [6.45, 7) is 3.25. The van der Waals surface area contributed by atoms with Crippen molar-refractivity contribution < 1.29 is 14.1 Å². The Morgan fingerprint density at radius 2 is 1.85 bits per heavy atom. The molecule has 5 rings (SSSR count). The summed E-state index contributed by atoms with van der Waals surface area (Å²) < 4.78 is 10.7. The molecule has 1 N–H and O–H groups in total. The number of pyridine rings is 1. The summed E-state index contributed by atoms with van der Waals surface area (Å²) in [5.41, 5.74) is 1.89. The molecule has 2 amide bonds. The van der Waals surface area contributed by atoms with E-state index in [2.05, 4.69) is 25.3 Å². The van der Waals surface area contributed by atoms with Gasteiger partial charge in [-0.2, -0.15) is 4.98 Å². The summed E-state index contributed by atoms with van der Waals surface area (Å²) in [7, 11) is 1.64. The quantitative estimate of drug-likeness (QED) is 0.595. The molecule has 0 spiro atoms. The van der Waals surface area contributed by atoms with Gasteiger partial charge in [-0.25, -0.2) is 9.78 Å². The van der Waals surface area contributed by atoms with Crippen LogP contribution in [-0.4, -0.2) is 59.3 Å². The van der Waals surface area contributed by atoms with Gasteiger partial charge in [-0.05, 0) is 42.7 Å². The molecular formula is C25H30N6O3. The first kappa shape index (κ1) is 22.2. The van der Waals surface area contributed by atoms with Gasteiger partial charge in [0.2, 0.25) is 11.7 Å². The number of nitrogens with zero attached hydrogens (tertiary/aromatic N) is 5. The van der Waals surface area contributed by atoms with Crippen LogP contribution in [0.3, 0.4) is 0 Å². The average molecular weight is 463 g/mol. The van der Waals surface area contributed by atoms with Crippen LogP contribution < -0.4 is 15.0 Å². The van der Waals surface area contributed by atoms with E-state index >= 15 is 0 Å². The topological polar surface area (TPSA) is 96.6 Å². The second-order valence-corrected chi connectivity index (χ2v) is 8.82. The van der Waals surface area contributed by atoms with Crippen molar-refractivity contribution in [2.45, 2.75) is 38.1 Å². The van der Waals surface area contributed by atoms with Crippen molar-refractivity contribution >= 4 is 11.8 Å². The monoisotopic (exact) mass is 462 g/mol. The van der Waals surface area contributed by atoms with Crippen LogP contribution in [0.5, 0.6) is 5.75 Å². The normalized spacial score (nSPS) is 16.6. The van der Waals surface area contributed by atoms with Crippen LogP contribution in [-0.2, 0) is 6.54 Å². The number of nitrogens with one attached hydrogen (secondary N) is 1. The molecule has 1 aliphatic carbocycles. The first-order chi connectivity index (χ1) is 16.7. The number of rotatable bonds is 6. The number of benzene rings is 1. The molecule has 3 aromatic rings. The van der Waals surface area contributed by atoms with Gasteiger partial charge >= 0.3 is 6.03 Å². The highest BCUT2D eigenvalue weighted by Gasteiger charge is 2.24. The molecule has 0 unspecified atom stereocenters. The number of aromatic nitrogens is 3. The number of urea groups is 1. The summed E-state index contributed by atoms with van der Waals surface area (Å²) >= 11 is 0. The standard InChI is InChI=1S/C25H30N6O3/c1-33-21-9-6-18(7-10-21)16-27-25(32)31-14-12-30(13-15-31)22-11-8-20(17-26-22)23-28-24(34-29-23)19-4-2-3-5-19/h6-11,17,19H,2-5,12-16H2,1H3,(H,27,32). The zero-order valence-corrected chi connectivity index (χ0v) is 19.4. The van der Waals surface area contributed by atoms with E-state index in [1.807, 2.05) is 41.3 Å². The highest BCUT2D eigenvalue weighted by atomic mass is 16.5. The second kappa shape index (κ2) is 10.1. The molecule has 1 saturated heterocycles. The minimum atomic E-state index is -0.0473. The third-order valence-corrected chi connectivity index (χ3v) is 6.65. The van der Waals surface area contributed by atoms with Gasteiger partial charge in [0.05, 0.1) is 7.11 Å². The summed E-state index contributed by atoms with van der Waals surface area (Å²) in [4.78, 5) is 25.8. The lowest BCUT2D eigenvalue weighted by atomic mass is 10.1. The minimum Gasteiger partial charge on any atom is -0.497 e. The fourth-order valence-corrected chi connectivity index (χ4v) is 4.57. The predicted molar refractivity (Wildman–Crippen MR) is 128 cm³/mol. The molecule has 34 heavy (non-hydrogen) atoms. The molecular weight excluding hydrogens is 432 g/mol. The lowest BCUT2D eigenvalue weighted by Crippen LogP contribution is -2.51. The summed E-state index contributed by atoms with van der Waals surface area (Å²) in [6.07, 6.45) is 6.52. The average Bonchev–Trinajstić information content (AvgIpc) is 3.60. The van der Waals surface area contributed by atoms with E-state index in [4.69, 9.17) is 9.26 Å². The van der Waals surface area contributed by atoms with Crippen molar-refractivity contribution in [3.63, 3.8) is 0 Å². The molecule has 1 aliphatic heterocycles. The molecule has 178 valence electrons. The zero-order chi connectivity index (χ0) is 23.3. The lowest BCUT2D eigenvalue weighted by Gasteiger charge is -2.35. The Hall–Kier alpha value is -3.62. The van der Waals surface area contributed by atoms with Crippen LogP contribution in [0.25, 0.3) is 11.4 Å². The molecule has 2 aliphatic rings. The molecule has 9 nitrogen and oxygen atoms in total. The molecule has 2 aromatic heterocycles. The number of carbonyl (C=O) groups is 1. The van der Waals surface area contributed by atoms with E-state index in [0.717, 1.165) is 54.5 Å². The van der Waals surface area contributed by atoms with E-state index < -0.39 is 0 Å². The number of methoxy groups -OCH3 is 1. The van der Waals surface area contributed by atoms with Crippen LogP contribution >= 0.6 is 0 Å². The smallest absolute Gasteiger partial charge is 0.317 e. The molecule has 2 fully saturated rings. The van der Waals surface area contributed by atoms with Crippen LogP contribution in [0.15, 0.2) is 47.1 Å². The molecule has 0 bridgehead atoms. The van der Waals surface area contributed by atoms with Gasteiger partial charge in [0.1, 0.15) is 11.6 Å². The number of anilines is 1. The Labute approximate surface area is 199 Å². The van der Waals surface area contributed by atoms with E-state index in [-0.39, 0.29) is 6.03 Å². The molecule has 0 radical (unpaired) electrons. The van der Waals surface area contributed by atoms with Gasteiger partial charge in [0.15, 0.2) is 0 Å². The van der Waals surface area contributed by atoms with Crippen LogP contribution in [0.1, 0.15) is 43.1 Å². The molecule has 9 heteroatoms. The number of piperazine rings is 1. The largest absolute Gasteiger partial charge is 0.497 e. The highest BCUT2D eigenvalue weighted by molar-refractivity contribution is 5.74. The molecule has 3 heterocycles. The second-order valence-electron chi connectivity index (χ2n) is 8.82. The maximum Gasteiger partial charge on any atom is 0.317 e. The number of hydrogen-bond donors (Lipinski definition) is 1. The summed E-state index contributed by atoms with van der Waals surface area (Å²) in [6, 6.07) is 11.6. The van der Waals surface area contributed by atoms with Crippen molar-refractivity contribution in [1.82, 2.24) is 25.3 Å². The SMILES string of the molecule is COc1ccc(CNC(=O)N2CCN(c3ccc(-c4noc(C5CCCC5)n4)cn3)CC2)cc1. The maximum atomic E-state index is 12.6. The Morgan fingerprint density at radius 1 is 1.09 bits per heavy atom. The lowest BCUT2D eigenvalue weighted by molar-refractivity contribution is 0.194. The van der Waals surface area contributed by atoms with Gasteiger partial charge < -0.3 is 24.4 Å². The Balaban J connectivity index is 1.11. The Kier molecular flexibility index (Phi) is 6.60. The van der Waals surface area contributed by atoms with Crippen molar-refractivity contribution in [3.05, 3.63) is 54.0 Å². The minimum absolute atomic E-state index is 0.0473. The van der Waals surface area contributed by atoms with Crippen LogP contribution in [0.2, 0.25) is 0 Å². The Morgan fingerprint density at radius 3 is 2.53 bits per heavy atom. The van der Waals surface area contributed by atoms with E-state index in [0.29, 0.717) is 31.4 Å². The van der Waals surface area contributed by atoms with E-state index in [1.165, 1.54) is 12.8 Å². The van der Waals surface area contributed by atoms with Crippen LogP contribution in [0, 0.1) is 0 Å². The van der Waals surface area contributed by atoms with Crippen molar-refractivity contribution in [1.29, 1.82) is 0 Å². The first-order valence-corrected chi connectivity index (χ1v) is 11.9. The summed E-state index contributed by atoms with van der Waals surface area (Å²) in [5, 5.41) is 7.15. The molecule has 0 atom stereocenters. The highest BCUT2D eigenvalue weighted by Crippen LogP contribution is 2.33. The van der Waals surface area contributed by atoms with Gasteiger partial charge in [-0.1, -0.05) is 30.1 Å². The summed E-state index contributed by atoms with van der Waals surface area (Å²) in [5.74, 6) is 3.44. The fourth-order valence-electron chi connectivity index (χ4n) is 4.57. The third kappa shape index (κ3) is 4.98. The number of carbonyl (C=O) groups excluding carboxylic acids is 1. The molecule has 1 saturated carbocycles. The van der Waals surface area contributed by atoms with E-state index in [9.17, 15) is 4.79 Å². The Bertz CT molecular complexity index is 1080. The number of ether oxygens (including phenoxy) is 1. The van der Waals surface area contributed by atoms with E-state index in [1.54, 1.807) is 13.3 Å². The number of hydrogen-bond acceptors (Lipinski definition) is 7. The van der Waals surface area contributed by atoms with Crippen molar-refractivity contribution in [2.24, 2.45) is 0 Å². The van der Waals surface area contributed by atoms with Gasteiger partial charge in [-0.3, -0.25) is 0 Å². The van der Waals surface area contributed by atoms with Gasteiger partial charge in [0, 0.05) is 50.4 Å². The zero-order valence-electron chi connectivity index (χ0n) is 19.4. The maximum absolute atomic E-state index is 12.6. The third-order valence-electron chi connectivity index (χ3n) is 6.65. The van der Waals surface area contributed by atoms with Crippen molar-refractivity contribution in [3.8, 4) is 17.1 Å². The molecule has 1 aromatic carbocycles. The predicted octanol–water partition coefficient (Wildman–Crippen LogP) is 3.83. The number of amides is 2.